The number of hydrogen-bond donors (Lipinski definition) is 0. The van der Waals surface area contributed by atoms with Gasteiger partial charge in [0.15, 0.2) is 5.78 Å². The lowest BCUT2D eigenvalue weighted by Gasteiger charge is -2.02. The Kier molecular flexibility index (Phi) is 4.72. The van der Waals surface area contributed by atoms with E-state index in [1.54, 1.807) is 24.3 Å². The molecule has 0 heterocycles. The summed E-state index contributed by atoms with van der Waals surface area (Å²) in [6.45, 7) is 3.37. The van der Waals surface area contributed by atoms with E-state index in [1.807, 2.05) is 31.2 Å². The lowest BCUT2D eigenvalue weighted by atomic mass is 10.0. The maximum Gasteiger partial charge on any atom is 0.172 e. The third-order valence-corrected chi connectivity index (χ3v) is 2.89. The molecule has 106 valence electrons. The molecule has 0 saturated carbocycles. The molecule has 0 aliphatic carbocycles. The van der Waals surface area contributed by atoms with Crippen LogP contribution in [0.15, 0.2) is 58.8 Å². The molecule has 2 rings (SSSR count). The van der Waals surface area contributed by atoms with Crippen LogP contribution in [0.1, 0.15) is 29.3 Å². The molecule has 0 radical (unpaired) electrons. The third kappa shape index (κ3) is 4.18. The highest BCUT2D eigenvalue weighted by molar-refractivity contribution is 6.09. The lowest BCUT2D eigenvalue weighted by molar-refractivity contribution is -0.116. The summed E-state index contributed by atoms with van der Waals surface area (Å²) >= 11 is 0. The molecule has 0 aliphatic rings. The molecule has 4 nitrogen and oxygen atoms in total. The Morgan fingerprint density at radius 1 is 1.00 bits per heavy atom. The van der Waals surface area contributed by atoms with Gasteiger partial charge in [-0.3, -0.25) is 9.59 Å². The standard InChI is InChI=1S/C17H16N2O2/c1-12-6-5-7-14(10-12)18-19-16-9-4-3-8-15(16)17(21)11-13(2)20/h3-10H,11H2,1-2H3. The Labute approximate surface area is 123 Å². The normalized spacial score (nSPS) is 10.8. The van der Waals surface area contributed by atoms with Gasteiger partial charge in [0, 0.05) is 5.56 Å². The number of azo groups is 1. The SMILES string of the molecule is CC(=O)CC(=O)c1ccccc1N=Nc1cccc(C)c1. The number of carbonyl (C=O) groups excluding carboxylic acids is 2. The second kappa shape index (κ2) is 6.70. The highest BCUT2D eigenvalue weighted by Crippen LogP contribution is 2.23. The van der Waals surface area contributed by atoms with Crippen molar-refractivity contribution in [3.63, 3.8) is 0 Å². The van der Waals surface area contributed by atoms with Gasteiger partial charge in [-0.1, -0.05) is 24.3 Å². The average molecular weight is 280 g/mol. The van der Waals surface area contributed by atoms with Crippen molar-refractivity contribution in [3.05, 3.63) is 59.7 Å². The summed E-state index contributed by atoms with van der Waals surface area (Å²) in [7, 11) is 0. The smallest absolute Gasteiger partial charge is 0.172 e. The molecule has 2 aromatic carbocycles. The van der Waals surface area contributed by atoms with Crippen LogP contribution in [-0.4, -0.2) is 11.6 Å². The second-order valence-corrected chi connectivity index (χ2v) is 4.86. The molecule has 4 heteroatoms. The molecule has 2 aromatic rings. The van der Waals surface area contributed by atoms with Gasteiger partial charge in [-0.05, 0) is 43.7 Å². The minimum absolute atomic E-state index is 0.114. The predicted octanol–water partition coefficient (Wildman–Crippen LogP) is 4.57. The zero-order chi connectivity index (χ0) is 15.2. The first-order valence-corrected chi connectivity index (χ1v) is 6.66. The van der Waals surface area contributed by atoms with Crippen LogP contribution in [0.4, 0.5) is 11.4 Å². The highest BCUT2D eigenvalue weighted by Gasteiger charge is 2.12. The monoisotopic (exact) mass is 280 g/mol. The number of aryl methyl sites for hydroxylation is 1. The summed E-state index contributed by atoms with van der Waals surface area (Å²) in [4.78, 5) is 23.1. The topological polar surface area (TPSA) is 58.9 Å². The van der Waals surface area contributed by atoms with Crippen molar-refractivity contribution in [1.29, 1.82) is 0 Å². The summed E-state index contributed by atoms with van der Waals surface area (Å²) in [6.07, 6.45) is -0.114. The first-order chi connectivity index (χ1) is 10.1. The Bertz CT molecular complexity index is 705. The van der Waals surface area contributed by atoms with Crippen LogP contribution >= 0.6 is 0 Å². The van der Waals surface area contributed by atoms with Gasteiger partial charge in [0.05, 0.1) is 17.8 Å². The molecular formula is C17H16N2O2. The van der Waals surface area contributed by atoms with Gasteiger partial charge in [0.2, 0.25) is 0 Å². The number of benzene rings is 2. The van der Waals surface area contributed by atoms with Crippen molar-refractivity contribution in [3.8, 4) is 0 Å². The van der Waals surface area contributed by atoms with Crippen molar-refractivity contribution < 1.29 is 9.59 Å². The van der Waals surface area contributed by atoms with E-state index in [9.17, 15) is 9.59 Å². The molecule has 0 aromatic heterocycles. The van der Waals surface area contributed by atoms with E-state index in [2.05, 4.69) is 10.2 Å². The number of rotatable bonds is 5. The van der Waals surface area contributed by atoms with Gasteiger partial charge in [-0.25, -0.2) is 0 Å². The van der Waals surface area contributed by atoms with Gasteiger partial charge < -0.3 is 0 Å². The lowest BCUT2D eigenvalue weighted by Crippen LogP contribution is -2.04. The van der Waals surface area contributed by atoms with Crippen LogP contribution in [0.3, 0.4) is 0 Å². The van der Waals surface area contributed by atoms with E-state index in [4.69, 9.17) is 0 Å². The van der Waals surface area contributed by atoms with Crippen LogP contribution in [0, 0.1) is 6.92 Å². The van der Waals surface area contributed by atoms with Crippen molar-refractivity contribution in [2.45, 2.75) is 20.3 Å². The van der Waals surface area contributed by atoms with E-state index in [1.165, 1.54) is 6.92 Å². The molecule has 0 aliphatic heterocycles. The van der Waals surface area contributed by atoms with Crippen molar-refractivity contribution in [2.24, 2.45) is 10.2 Å². The number of carbonyl (C=O) groups is 2. The average Bonchev–Trinajstić information content (AvgIpc) is 2.45. The predicted molar refractivity (Wildman–Crippen MR) is 81.4 cm³/mol. The number of nitrogens with zero attached hydrogens (tertiary/aromatic N) is 2. The zero-order valence-corrected chi connectivity index (χ0v) is 12.0. The van der Waals surface area contributed by atoms with Crippen LogP contribution in [0.2, 0.25) is 0 Å². The molecule has 21 heavy (non-hydrogen) atoms. The molecule has 0 amide bonds. The molecule has 0 saturated heterocycles. The highest BCUT2D eigenvalue weighted by atomic mass is 16.1. The molecule has 0 bridgehead atoms. The minimum atomic E-state index is -0.235. The molecule has 0 N–H and O–H groups in total. The zero-order valence-electron chi connectivity index (χ0n) is 12.0. The first kappa shape index (κ1) is 14.8. The van der Waals surface area contributed by atoms with Gasteiger partial charge in [-0.2, -0.15) is 5.11 Å². The van der Waals surface area contributed by atoms with Crippen molar-refractivity contribution >= 4 is 22.9 Å². The summed E-state index contributed by atoms with van der Waals surface area (Å²) in [5, 5.41) is 8.29. The molecular weight excluding hydrogens is 264 g/mol. The molecule has 0 atom stereocenters. The van der Waals surface area contributed by atoms with Gasteiger partial charge in [-0.15, -0.1) is 5.11 Å². The van der Waals surface area contributed by atoms with Crippen molar-refractivity contribution in [1.82, 2.24) is 0 Å². The molecule has 0 fully saturated rings. The van der Waals surface area contributed by atoms with Gasteiger partial charge in [0.1, 0.15) is 5.78 Å². The van der Waals surface area contributed by atoms with Crippen LogP contribution in [-0.2, 0) is 4.79 Å². The molecule has 0 spiro atoms. The maximum atomic E-state index is 12.0. The number of ketones is 2. The quantitative estimate of drug-likeness (QED) is 0.457. The van der Waals surface area contributed by atoms with E-state index in [0.717, 1.165) is 11.3 Å². The summed E-state index contributed by atoms with van der Waals surface area (Å²) in [6, 6.07) is 14.5. The Morgan fingerprint density at radius 3 is 2.48 bits per heavy atom. The van der Waals surface area contributed by atoms with Crippen LogP contribution < -0.4 is 0 Å². The van der Waals surface area contributed by atoms with E-state index >= 15 is 0 Å². The first-order valence-electron chi connectivity index (χ1n) is 6.66. The Morgan fingerprint density at radius 2 is 1.76 bits per heavy atom. The largest absolute Gasteiger partial charge is 0.300 e. The second-order valence-electron chi connectivity index (χ2n) is 4.86. The van der Waals surface area contributed by atoms with Crippen LogP contribution in [0.5, 0.6) is 0 Å². The number of Topliss-reactive ketones (excluding diaryl/α,β-unsaturated/α-hetero) is 2. The summed E-state index contributed by atoms with van der Waals surface area (Å²) in [5.74, 6) is -0.397. The Balaban J connectivity index is 2.28. The summed E-state index contributed by atoms with van der Waals surface area (Å²) < 4.78 is 0. The molecule has 0 unspecified atom stereocenters. The van der Waals surface area contributed by atoms with Gasteiger partial charge >= 0.3 is 0 Å². The maximum absolute atomic E-state index is 12.0. The fourth-order valence-corrected chi connectivity index (χ4v) is 1.92. The minimum Gasteiger partial charge on any atom is -0.300 e. The van der Waals surface area contributed by atoms with E-state index in [-0.39, 0.29) is 18.0 Å². The van der Waals surface area contributed by atoms with E-state index in [0.29, 0.717) is 11.3 Å². The van der Waals surface area contributed by atoms with Crippen LogP contribution in [0.25, 0.3) is 0 Å². The Hall–Kier alpha value is -2.62. The van der Waals surface area contributed by atoms with Crippen molar-refractivity contribution in [2.75, 3.05) is 0 Å². The number of hydrogen-bond acceptors (Lipinski definition) is 4. The third-order valence-electron chi connectivity index (χ3n) is 2.89. The van der Waals surface area contributed by atoms with Gasteiger partial charge in [0.25, 0.3) is 0 Å². The fraction of sp³-hybridized carbons (Fsp3) is 0.176. The van der Waals surface area contributed by atoms with E-state index < -0.39 is 0 Å². The fourth-order valence-electron chi connectivity index (χ4n) is 1.92. The summed E-state index contributed by atoms with van der Waals surface area (Å²) in [5.41, 5.74) is 2.71.